The van der Waals surface area contributed by atoms with Gasteiger partial charge in [0, 0.05) is 20.6 Å². The third-order valence-corrected chi connectivity index (χ3v) is 4.18. The summed E-state index contributed by atoms with van der Waals surface area (Å²) in [6, 6.07) is 11.5. The molecule has 0 amide bonds. The molecule has 0 aromatic heterocycles. The molecule has 0 aliphatic rings. The molecule has 0 saturated carbocycles. The van der Waals surface area contributed by atoms with Crippen molar-refractivity contribution in [2.24, 2.45) is 5.73 Å². The van der Waals surface area contributed by atoms with Crippen LogP contribution in [0.5, 0.6) is 0 Å². The molecule has 0 heterocycles. The molecular formula is C15H14BrCl2N. The van der Waals surface area contributed by atoms with Gasteiger partial charge < -0.3 is 5.73 Å². The molecule has 4 heteroatoms. The third-order valence-electron chi connectivity index (χ3n) is 3.10. The minimum atomic E-state index is -0.114. The van der Waals surface area contributed by atoms with Gasteiger partial charge in [-0.2, -0.15) is 0 Å². The van der Waals surface area contributed by atoms with E-state index in [1.54, 1.807) is 0 Å². The molecule has 1 atom stereocenters. The second kappa shape index (κ2) is 6.27. The minimum Gasteiger partial charge on any atom is -0.324 e. The molecule has 1 nitrogen and oxygen atoms in total. The number of halogens is 3. The highest BCUT2D eigenvalue weighted by Gasteiger charge is 2.12. The van der Waals surface area contributed by atoms with E-state index in [0.29, 0.717) is 11.4 Å². The topological polar surface area (TPSA) is 26.0 Å². The zero-order valence-electron chi connectivity index (χ0n) is 10.5. The average molecular weight is 359 g/mol. The number of hydrogen-bond donors (Lipinski definition) is 1. The Labute approximate surface area is 131 Å². The van der Waals surface area contributed by atoms with Crippen molar-refractivity contribution < 1.29 is 0 Å². The fourth-order valence-electron chi connectivity index (χ4n) is 2.04. The van der Waals surface area contributed by atoms with Gasteiger partial charge in [0.25, 0.3) is 0 Å². The van der Waals surface area contributed by atoms with Crippen LogP contribution in [0.2, 0.25) is 10.0 Å². The van der Waals surface area contributed by atoms with Crippen LogP contribution in [-0.2, 0) is 6.42 Å². The lowest BCUT2D eigenvalue weighted by atomic mass is 9.96. The van der Waals surface area contributed by atoms with Crippen LogP contribution in [0.1, 0.15) is 22.7 Å². The van der Waals surface area contributed by atoms with Gasteiger partial charge in [-0.3, -0.25) is 0 Å². The Kier molecular flexibility index (Phi) is 4.91. The summed E-state index contributed by atoms with van der Waals surface area (Å²) in [5, 5.41) is 1.43. The van der Waals surface area contributed by atoms with Crippen LogP contribution in [0.15, 0.2) is 40.9 Å². The molecule has 0 aliphatic heterocycles. The third kappa shape index (κ3) is 3.73. The maximum Gasteiger partial charge on any atom is 0.0449 e. The standard InChI is InChI=1S/C15H14BrCl2N/c1-9-2-5-12(17)8-13(9)15(19)6-10-3-4-11(16)7-14(10)18/h2-5,7-8,15H,6,19H2,1H3. The van der Waals surface area contributed by atoms with Gasteiger partial charge in [0.15, 0.2) is 0 Å². The molecule has 19 heavy (non-hydrogen) atoms. The van der Waals surface area contributed by atoms with E-state index in [2.05, 4.69) is 15.9 Å². The second-order valence-corrected chi connectivity index (χ2v) is 6.31. The van der Waals surface area contributed by atoms with Crippen molar-refractivity contribution in [1.82, 2.24) is 0 Å². The first-order valence-electron chi connectivity index (χ1n) is 5.93. The van der Waals surface area contributed by atoms with Gasteiger partial charge in [0.1, 0.15) is 0 Å². The highest BCUT2D eigenvalue weighted by molar-refractivity contribution is 9.10. The second-order valence-electron chi connectivity index (χ2n) is 4.55. The molecule has 2 N–H and O–H groups in total. The molecule has 2 aromatic rings. The van der Waals surface area contributed by atoms with Crippen LogP contribution in [-0.4, -0.2) is 0 Å². The Morgan fingerprint density at radius 1 is 1.16 bits per heavy atom. The van der Waals surface area contributed by atoms with E-state index in [0.717, 1.165) is 26.2 Å². The summed E-state index contributed by atoms with van der Waals surface area (Å²) in [5.41, 5.74) is 9.52. The maximum atomic E-state index is 6.27. The smallest absolute Gasteiger partial charge is 0.0449 e. The van der Waals surface area contributed by atoms with E-state index in [4.69, 9.17) is 28.9 Å². The molecule has 2 aromatic carbocycles. The Morgan fingerprint density at radius 2 is 1.89 bits per heavy atom. The quantitative estimate of drug-likeness (QED) is 0.790. The molecule has 0 fully saturated rings. The summed E-state index contributed by atoms with van der Waals surface area (Å²) in [7, 11) is 0. The highest BCUT2D eigenvalue weighted by Crippen LogP contribution is 2.27. The lowest BCUT2D eigenvalue weighted by Gasteiger charge is -2.16. The summed E-state index contributed by atoms with van der Waals surface area (Å²) >= 11 is 15.6. The molecule has 0 aliphatic carbocycles. The zero-order valence-corrected chi connectivity index (χ0v) is 13.6. The Balaban J connectivity index is 2.25. The summed E-state index contributed by atoms with van der Waals surface area (Å²) < 4.78 is 0.966. The van der Waals surface area contributed by atoms with E-state index in [9.17, 15) is 0 Å². The lowest BCUT2D eigenvalue weighted by Crippen LogP contribution is -2.15. The number of benzene rings is 2. The van der Waals surface area contributed by atoms with Gasteiger partial charge in [-0.15, -0.1) is 0 Å². The first-order chi connectivity index (χ1) is 8.97. The van der Waals surface area contributed by atoms with Crippen LogP contribution in [0, 0.1) is 6.92 Å². The van der Waals surface area contributed by atoms with Crippen LogP contribution >= 0.6 is 39.1 Å². The van der Waals surface area contributed by atoms with Gasteiger partial charge in [0.2, 0.25) is 0 Å². The monoisotopic (exact) mass is 357 g/mol. The number of nitrogens with two attached hydrogens (primary N) is 1. The Morgan fingerprint density at radius 3 is 2.58 bits per heavy atom. The van der Waals surface area contributed by atoms with Gasteiger partial charge in [-0.05, 0) is 54.3 Å². The molecule has 0 radical (unpaired) electrons. The number of hydrogen-bond acceptors (Lipinski definition) is 1. The maximum absolute atomic E-state index is 6.27. The fraction of sp³-hybridized carbons (Fsp3) is 0.200. The molecule has 1 unspecified atom stereocenters. The average Bonchev–Trinajstić information content (AvgIpc) is 2.35. The van der Waals surface area contributed by atoms with Crippen molar-refractivity contribution >= 4 is 39.1 Å². The van der Waals surface area contributed by atoms with E-state index in [1.165, 1.54) is 0 Å². The molecular weight excluding hydrogens is 345 g/mol. The Bertz CT molecular complexity index is 599. The SMILES string of the molecule is Cc1ccc(Cl)cc1C(N)Cc1ccc(Br)cc1Cl. The normalized spacial score (nSPS) is 12.5. The summed E-state index contributed by atoms with van der Waals surface area (Å²) in [6.07, 6.45) is 0.688. The van der Waals surface area contributed by atoms with Crippen molar-refractivity contribution in [2.45, 2.75) is 19.4 Å². The molecule has 100 valence electrons. The van der Waals surface area contributed by atoms with E-state index >= 15 is 0 Å². The molecule has 0 bridgehead atoms. The summed E-state index contributed by atoms with van der Waals surface area (Å²) in [5.74, 6) is 0. The van der Waals surface area contributed by atoms with Gasteiger partial charge >= 0.3 is 0 Å². The first-order valence-corrected chi connectivity index (χ1v) is 7.48. The predicted molar refractivity (Wildman–Crippen MR) is 86.0 cm³/mol. The van der Waals surface area contributed by atoms with E-state index < -0.39 is 0 Å². The summed E-state index contributed by atoms with van der Waals surface area (Å²) in [4.78, 5) is 0. The molecule has 2 rings (SSSR count). The lowest BCUT2D eigenvalue weighted by molar-refractivity contribution is 0.717. The van der Waals surface area contributed by atoms with Crippen LogP contribution < -0.4 is 5.73 Å². The predicted octanol–water partition coefficient (Wildman–Crippen LogP) is 5.31. The van der Waals surface area contributed by atoms with Crippen LogP contribution in [0.25, 0.3) is 0 Å². The van der Waals surface area contributed by atoms with Crippen molar-refractivity contribution in [3.63, 3.8) is 0 Å². The van der Waals surface area contributed by atoms with Crippen molar-refractivity contribution in [3.8, 4) is 0 Å². The highest BCUT2D eigenvalue weighted by atomic mass is 79.9. The Hall–Kier alpha value is -0.540. The van der Waals surface area contributed by atoms with Gasteiger partial charge in [-0.1, -0.05) is 51.3 Å². The number of aryl methyl sites for hydroxylation is 1. The van der Waals surface area contributed by atoms with Gasteiger partial charge in [0.05, 0.1) is 0 Å². The first kappa shape index (κ1) is 14.9. The molecule has 0 spiro atoms. The molecule has 0 saturated heterocycles. The van der Waals surface area contributed by atoms with Crippen molar-refractivity contribution in [3.05, 3.63) is 67.6 Å². The van der Waals surface area contributed by atoms with E-state index in [-0.39, 0.29) is 6.04 Å². The largest absolute Gasteiger partial charge is 0.324 e. The van der Waals surface area contributed by atoms with E-state index in [1.807, 2.05) is 43.3 Å². The zero-order chi connectivity index (χ0) is 14.0. The van der Waals surface area contributed by atoms with Crippen LogP contribution in [0.4, 0.5) is 0 Å². The van der Waals surface area contributed by atoms with Gasteiger partial charge in [-0.25, -0.2) is 0 Å². The number of rotatable bonds is 3. The fourth-order valence-corrected chi connectivity index (χ4v) is 2.98. The minimum absolute atomic E-state index is 0.114. The summed E-state index contributed by atoms with van der Waals surface area (Å²) in [6.45, 7) is 2.04. The van der Waals surface area contributed by atoms with Crippen LogP contribution in [0.3, 0.4) is 0 Å². The van der Waals surface area contributed by atoms with Crippen molar-refractivity contribution in [2.75, 3.05) is 0 Å². The van der Waals surface area contributed by atoms with Crippen molar-refractivity contribution in [1.29, 1.82) is 0 Å².